The van der Waals surface area contributed by atoms with Gasteiger partial charge in [-0.15, -0.1) is 0 Å². The number of hydrogen-bond donors (Lipinski definition) is 0. The maximum atomic E-state index is 10.6. The molecule has 90 valence electrons. The van der Waals surface area contributed by atoms with E-state index in [4.69, 9.17) is 0 Å². The summed E-state index contributed by atoms with van der Waals surface area (Å²) in [6.45, 7) is 9.19. The van der Waals surface area contributed by atoms with Crippen LogP contribution in [0, 0.1) is 29.1 Å². The Morgan fingerprint density at radius 2 is 2.06 bits per heavy atom. The number of carbonyl (C=O) groups excluding carboxylic acids is 1. The van der Waals surface area contributed by atoms with Gasteiger partial charge in [-0.2, -0.15) is 0 Å². The van der Waals surface area contributed by atoms with E-state index in [2.05, 4.69) is 26.8 Å². The molecule has 0 heterocycles. The third kappa shape index (κ3) is 1.74. The van der Waals surface area contributed by atoms with Crippen LogP contribution in [0.4, 0.5) is 0 Å². The van der Waals surface area contributed by atoms with Gasteiger partial charge >= 0.3 is 0 Å². The Labute approximate surface area is 99.3 Å². The second-order valence-corrected chi connectivity index (χ2v) is 6.52. The molecule has 3 fully saturated rings. The van der Waals surface area contributed by atoms with E-state index in [0.717, 1.165) is 42.0 Å². The molecule has 1 nitrogen and oxygen atoms in total. The minimum atomic E-state index is 0.583. The minimum Gasteiger partial charge on any atom is -0.298 e. The van der Waals surface area contributed by atoms with Gasteiger partial charge in [0.2, 0.25) is 0 Å². The van der Waals surface area contributed by atoms with Crippen LogP contribution in [0.25, 0.3) is 0 Å². The predicted molar refractivity (Wildman–Crippen MR) is 67.1 cm³/mol. The van der Waals surface area contributed by atoms with E-state index in [-0.39, 0.29) is 0 Å². The highest BCUT2D eigenvalue weighted by molar-refractivity contribution is 5.71. The van der Waals surface area contributed by atoms with Crippen LogP contribution in [-0.4, -0.2) is 6.29 Å². The lowest BCUT2D eigenvalue weighted by Gasteiger charge is -2.62. The van der Waals surface area contributed by atoms with Gasteiger partial charge in [-0.25, -0.2) is 0 Å². The normalized spacial score (nSPS) is 41.4. The van der Waals surface area contributed by atoms with Crippen molar-refractivity contribution in [3.05, 3.63) is 11.6 Å². The van der Waals surface area contributed by atoms with Crippen LogP contribution in [0.3, 0.4) is 0 Å². The fraction of sp³-hybridized carbons (Fsp3) is 0.800. The van der Waals surface area contributed by atoms with Crippen molar-refractivity contribution < 1.29 is 4.79 Å². The van der Waals surface area contributed by atoms with Crippen molar-refractivity contribution in [3.8, 4) is 0 Å². The van der Waals surface area contributed by atoms with Crippen LogP contribution in [0.5, 0.6) is 0 Å². The van der Waals surface area contributed by atoms with Gasteiger partial charge in [-0.3, -0.25) is 4.79 Å². The molecular weight excluding hydrogens is 196 g/mol. The molecule has 3 aliphatic carbocycles. The molecule has 0 aromatic heterocycles. The Balaban J connectivity index is 1.98. The van der Waals surface area contributed by atoms with Gasteiger partial charge in [0.05, 0.1) is 0 Å². The predicted octanol–water partition coefficient (Wildman–Crippen LogP) is 3.84. The topological polar surface area (TPSA) is 17.1 Å². The zero-order valence-electron chi connectivity index (χ0n) is 11.0. The molecule has 0 aromatic rings. The lowest BCUT2D eigenvalue weighted by Crippen LogP contribution is -2.54. The molecule has 16 heavy (non-hydrogen) atoms. The van der Waals surface area contributed by atoms with Crippen LogP contribution in [-0.2, 0) is 4.79 Å². The van der Waals surface area contributed by atoms with Crippen molar-refractivity contribution in [2.24, 2.45) is 29.1 Å². The van der Waals surface area contributed by atoms with Crippen molar-refractivity contribution in [3.63, 3.8) is 0 Å². The van der Waals surface area contributed by atoms with Gasteiger partial charge in [0, 0.05) is 0 Å². The van der Waals surface area contributed by atoms with Crippen molar-refractivity contribution in [2.75, 3.05) is 0 Å². The van der Waals surface area contributed by atoms with Crippen molar-refractivity contribution in [2.45, 2.75) is 47.0 Å². The Bertz CT molecular complexity index is 313. The highest BCUT2D eigenvalue weighted by Crippen LogP contribution is 2.63. The molecule has 2 bridgehead atoms. The fourth-order valence-electron chi connectivity index (χ4n) is 3.95. The number of allylic oxidation sites excluding steroid dienone is 2. The van der Waals surface area contributed by atoms with E-state index in [1.807, 2.05) is 6.92 Å². The molecule has 0 unspecified atom stereocenters. The molecule has 3 aliphatic rings. The first kappa shape index (κ1) is 11.9. The molecule has 0 saturated heterocycles. The molecule has 3 rings (SSSR count). The molecule has 0 radical (unpaired) electrons. The van der Waals surface area contributed by atoms with Gasteiger partial charge in [0.15, 0.2) is 0 Å². The first-order valence-corrected chi connectivity index (χ1v) is 6.58. The Morgan fingerprint density at radius 3 is 2.56 bits per heavy atom. The summed E-state index contributed by atoms with van der Waals surface area (Å²) in [5.74, 6) is 3.49. The SMILES string of the molecule is CC(C=O)=CC[C@H]1C[C@H]2C[C@@H]([C@@H]1C)C2(C)C. The third-order valence-corrected chi connectivity index (χ3v) is 5.44. The van der Waals surface area contributed by atoms with E-state index in [1.165, 1.54) is 12.8 Å². The Hall–Kier alpha value is -0.590. The Morgan fingerprint density at radius 1 is 1.38 bits per heavy atom. The van der Waals surface area contributed by atoms with Gasteiger partial charge in [-0.05, 0) is 60.8 Å². The van der Waals surface area contributed by atoms with Crippen LogP contribution >= 0.6 is 0 Å². The maximum Gasteiger partial charge on any atom is 0.145 e. The van der Waals surface area contributed by atoms with Crippen LogP contribution in [0.2, 0.25) is 0 Å². The molecule has 1 heteroatoms. The molecule has 3 saturated carbocycles. The molecule has 0 aromatic carbocycles. The summed E-state index contributed by atoms with van der Waals surface area (Å²) in [6, 6.07) is 0. The first-order chi connectivity index (χ1) is 7.46. The summed E-state index contributed by atoms with van der Waals surface area (Å²) in [5.41, 5.74) is 1.48. The van der Waals surface area contributed by atoms with E-state index < -0.39 is 0 Å². The van der Waals surface area contributed by atoms with E-state index in [1.54, 1.807) is 0 Å². The highest BCUT2D eigenvalue weighted by atomic mass is 16.1. The number of hydrogen-bond acceptors (Lipinski definition) is 1. The molecule has 0 spiro atoms. The van der Waals surface area contributed by atoms with Crippen molar-refractivity contribution >= 4 is 6.29 Å². The first-order valence-electron chi connectivity index (χ1n) is 6.58. The van der Waals surface area contributed by atoms with Gasteiger partial charge in [0.25, 0.3) is 0 Å². The summed E-state index contributed by atoms with van der Waals surface area (Å²) < 4.78 is 0. The lowest BCUT2D eigenvalue weighted by molar-refractivity contribution is -0.127. The summed E-state index contributed by atoms with van der Waals surface area (Å²) in [6.07, 6.45) is 7.02. The molecule has 0 aliphatic heterocycles. The fourth-order valence-corrected chi connectivity index (χ4v) is 3.95. The largest absolute Gasteiger partial charge is 0.298 e. The Kier molecular flexibility index (Phi) is 2.98. The van der Waals surface area contributed by atoms with Gasteiger partial charge in [0.1, 0.15) is 6.29 Å². The average Bonchev–Trinajstić information content (AvgIpc) is 2.26. The standard InChI is InChI=1S/C15H24O/c1-10(9-16)5-6-12-7-13-8-14(11(12)2)15(13,3)4/h5,9,11-14H,6-8H2,1-4H3/t11-,12+,13+,14+/m1/s1. The third-order valence-electron chi connectivity index (χ3n) is 5.44. The van der Waals surface area contributed by atoms with Crippen LogP contribution in [0.1, 0.15) is 47.0 Å². The number of aldehydes is 1. The second kappa shape index (κ2) is 4.01. The smallest absolute Gasteiger partial charge is 0.145 e. The zero-order valence-corrected chi connectivity index (χ0v) is 11.0. The monoisotopic (exact) mass is 220 g/mol. The minimum absolute atomic E-state index is 0.583. The number of rotatable bonds is 3. The van der Waals surface area contributed by atoms with E-state index >= 15 is 0 Å². The zero-order chi connectivity index (χ0) is 11.9. The molecule has 0 N–H and O–H groups in total. The summed E-state index contributed by atoms with van der Waals surface area (Å²) in [4.78, 5) is 10.6. The lowest BCUT2D eigenvalue weighted by atomic mass is 9.43. The molecular formula is C15H24O. The summed E-state index contributed by atoms with van der Waals surface area (Å²) in [5, 5.41) is 0. The number of carbonyl (C=O) groups is 1. The van der Waals surface area contributed by atoms with Crippen LogP contribution < -0.4 is 0 Å². The van der Waals surface area contributed by atoms with Gasteiger partial charge < -0.3 is 0 Å². The van der Waals surface area contributed by atoms with Crippen molar-refractivity contribution in [1.82, 2.24) is 0 Å². The number of fused-ring (bicyclic) bond motifs is 2. The highest BCUT2D eigenvalue weighted by Gasteiger charge is 2.55. The van der Waals surface area contributed by atoms with Crippen LogP contribution in [0.15, 0.2) is 11.6 Å². The van der Waals surface area contributed by atoms with Crippen molar-refractivity contribution in [1.29, 1.82) is 0 Å². The second-order valence-electron chi connectivity index (χ2n) is 6.52. The van der Waals surface area contributed by atoms with E-state index in [9.17, 15) is 4.79 Å². The van der Waals surface area contributed by atoms with Gasteiger partial charge in [-0.1, -0.05) is 26.8 Å². The molecule has 4 atom stereocenters. The average molecular weight is 220 g/mol. The summed E-state index contributed by atoms with van der Waals surface area (Å²) in [7, 11) is 0. The summed E-state index contributed by atoms with van der Waals surface area (Å²) >= 11 is 0. The quantitative estimate of drug-likeness (QED) is 0.521. The molecule has 0 amide bonds. The van der Waals surface area contributed by atoms with E-state index in [0.29, 0.717) is 5.41 Å². The maximum absolute atomic E-state index is 10.6.